The number of fused-ring (bicyclic) bond motifs is 15. The fourth-order valence-electron chi connectivity index (χ4n) is 11.0. The summed E-state index contributed by atoms with van der Waals surface area (Å²) < 4.78 is 20.1. The highest BCUT2D eigenvalue weighted by molar-refractivity contribution is 6.10. The highest BCUT2D eigenvalue weighted by Gasteiger charge is 2.51. The van der Waals surface area contributed by atoms with Gasteiger partial charge in [-0.3, -0.25) is 0 Å². The minimum Gasteiger partial charge on any atom is -0.457 e. The van der Waals surface area contributed by atoms with E-state index < -0.39 is 5.41 Å². The average molecular weight is 847 g/mol. The second kappa shape index (κ2) is 14.1. The Morgan fingerprint density at radius 3 is 1.62 bits per heavy atom. The molecule has 0 atom stereocenters. The molecule has 12 aromatic rings. The molecule has 1 aliphatic heterocycles. The molecule has 0 amide bonds. The first-order chi connectivity index (χ1) is 32.7. The van der Waals surface area contributed by atoms with Gasteiger partial charge in [0.1, 0.15) is 28.2 Å². The van der Waals surface area contributed by atoms with Crippen molar-refractivity contribution in [1.82, 2.24) is 0 Å². The summed E-state index contributed by atoms with van der Waals surface area (Å²) in [4.78, 5) is 4.63. The minimum absolute atomic E-state index is 0.566. The van der Waals surface area contributed by atoms with E-state index in [1.165, 1.54) is 22.3 Å². The number of anilines is 6. The lowest BCUT2D eigenvalue weighted by molar-refractivity contribution is 0.436. The number of para-hydroxylation sites is 5. The van der Waals surface area contributed by atoms with E-state index in [1.54, 1.807) is 0 Å². The van der Waals surface area contributed by atoms with Gasteiger partial charge in [0.05, 0.1) is 11.1 Å². The van der Waals surface area contributed by atoms with Crippen molar-refractivity contribution in [2.75, 3.05) is 9.80 Å². The predicted molar refractivity (Wildman–Crippen MR) is 268 cm³/mol. The molecule has 0 fully saturated rings. The number of furan rings is 2. The summed E-state index contributed by atoms with van der Waals surface area (Å²) in [6, 6.07) is 81.8. The van der Waals surface area contributed by atoms with Crippen molar-refractivity contribution >= 4 is 78.0 Å². The molecule has 5 heteroatoms. The molecular formula is C61H38N2O3. The molecule has 1 aliphatic carbocycles. The van der Waals surface area contributed by atoms with Gasteiger partial charge in [-0.25, -0.2) is 0 Å². The van der Waals surface area contributed by atoms with Crippen molar-refractivity contribution in [1.29, 1.82) is 0 Å². The van der Waals surface area contributed by atoms with Gasteiger partial charge in [-0.2, -0.15) is 0 Å². The molecule has 66 heavy (non-hydrogen) atoms. The van der Waals surface area contributed by atoms with Crippen LogP contribution in [0, 0.1) is 0 Å². The Kier molecular flexibility index (Phi) is 7.83. The molecule has 310 valence electrons. The molecule has 5 nitrogen and oxygen atoms in total. The number of rotatable bonds is 6. The lowest BCUT2D eigenvalue weighted by Gasteiger charge is -2.40. The summed E-state index contributed by atoms with van der Waals surface area (Å²) in [7, 11) is 0. The zero-order chi connectivity index (χ0) is 43.3. The molecule has 0 saturated heterocycles. The number of hydrogen-bond donors (Lipinski definition) is 0. The summed E-state index contributed by atoms with van der Waals surface area (Å²) in [5.74, 6) is 1.67. The highest BCUT2D eigenvalue weighted by Crippen LogP contribution is 2.62. The van der Waals surface area contributed by atoms with Crippen molar-refractivity contribution in [2.24, 2.45) is 0 Å². The van der Waals surface area contributed by atoms with Crippen molar-refractivity contribution in [3.8, 4) is 22.6 Å². The van der Waals surface area contributed by atoms with E-state index in [4.69, 9.17) is 13.6 Å². The first-order valence-corrected chi connectivity index (χ1v) is 22.4. The number of benzene rings is 10. The van der Waals surface area contributed by atoms with Gasteiger partial charge in [-0.1, -0.05) is 146 Å². The van der Waals surface area contributed by atoms with Crippen LogP contribution in [-0.2, 0) is 5.41 Å². The van der Waals surface area contributed by atoms with Crippen LogP contribution in [0.2, 0.25) is 0 Å². The lowest BCUT2D eigenvalue weighted by atomic mass is 9.66. The molecule has 0 radical (unpaired) electrons. The molecule has 14 rings (SSSR count). The van der Waals surface area contributed by atoms with Crippen LogP contribution < -0.4 is 14.5 Å². The molecule has 0 N–H and O–H groups in total. The van der Waals surface area contributed by atoms with Crippen LogP contribution in [0.5, 0.6) is 11.5 Å². The molecule has 3 heterocycles. The SMILES string of the molecule is c1ccc(N(c2cccc(N(c3ccc4c(c3)Oc3ccccc3C43c4ccccc4-c4ccccc43)c3ccc4oc5ccccc5c4c3)c2)c2cccc3c2oc2ccccc23)cc1. The lowest BCUT2D eigenvalue weighted by Crippen LogP contribution is -2.32. The van der Waals surface area contributed by atoms with E-state index in [2.05, 4.69) is 216 Å². The Balaban J connectivity index is 0.996. The predicted octanol–water partition coefficient (Wildman–Crippen LogP) is 16.9. The molecular weight excluding hydrogens is 809 g/mol. The van der Waals surface area contributed by atoms with Crippen molar-refractivity contribution in [3.05, 3.63) is 253 Å². The Morgan fingerprint density at radius 2 is 0.833 bits per heavy atom. The summed E-state index contributed by atoms with van der Waals surface area (Å²) >= 11 is 0. The van der Waals surface area contributed by atoms with E-state index in [9.17, 15) is 0 Å². The number of hydrogen-bond acceptors (Lipinski definition) is 5. The topological polar surface area (TPSA) is 42.0 Å². The Morgan fingerprint density at radius 1 is 0.303 bits per heavy atom. The standard InChI is InChI=1S/C61H38N2O3/c1-2-16-39(17-3-1)63(54-28-15-24-48-46-22-6-12-30-56(46)66-60(48)54)41-19-14-18-40(36-41)62(42-33-35-57-49(37-42)47-23-7-11-29-55(47)64-57)43-32-34-53-59(38-43)65-58-31-13-10-27-52(58)61(53)50-25-8-4-20-44(50)45-21-5-9-26-51(45)61/h1-38H. The zero-order valence-electron chi connectivity index (χ0n) is 35.6. The first kappa shape index (κ1) is 36.7. The molecule has 1 spiro atoms. The van der Waals surface area contributed by atoms with Gasteiger partial charge in [0.25, 0.3) is 0 Å². The summed E-state index contributed by atoms with van der Waals surface area (Å²) in [6.07, 6.45) is 0. The quantitative estimate of drug-likeness (QED) is 0.167. The molecule has 0 bridgehead atoms. The van der Waals surface area contributed by atoms with Crippen molar-refractivity contribution in [2.45, 2.75) is 5.41 Å². The Bertz CT molecular complexity index is 3860. The Hall–Kier alpha value is -8.80. The fraction of sp³-hybridized carbons (Fsp3) is 0.0164. The van der Waals surface area contributed by atoms with Crippen molar-refractivity contribution < 1.29 is 13.6 Å². The second-order valence-corrected chi connectivity index (χ2v) is 17.2. The van der Waals surface area contributed by atoms with E-state index in [0.717, 1.165) is 101 Å². The second-order valence-electron chi connectivity index (χ2n) is 17.2. The highest BCUT2D eigenvalue weighted by atomic mass is 16.5. The van der Waals surface area contributed by atoms with Gasteiger partial charge >= 0.3 is 0 Å². The summed E-state index contributed by atoms with van der Waals surface area (Å²) in [6.45, 7) is 0. The third kappa shape index (κ3) is 5.22. The van der Waals surface area contributed by atoms with Gasteiger partial charge in [-0.05, 0) is 101 Å². The van der Waals surface area contributed by atoms with Crippen LogP contribution in [0.3, 0.4) is 0 Å². The maximum Gasteiger partial charge on any atom is 0.159 e. The fourth-order valence-corrected chi connectivity index (χ4v) is 11.0. The van der Waals surface area contributed by atoms with Crippen LogP contribution in [0.15, 0.2) is 239 Å². The molecule has 0 unspecified atom stereocenters. The van der Waals surface area contributed by atoms with Gasteiger partial charge in [0.15, 0.2) is 5.58 Å². The monoisotopic (exact) mass is 846 g/mol. The van der Waals surface area contributed by atoms with Crippen LogP contribution in [0.4, 0.5) is 34.1 Å². The van der Waals surface area contributed by atoms with Gasteiger partial charge in [-0.15, -0.1) is 0 Å². The number of ether oxygens (including phenoxy) is 1. The minimum atomic E-state index is -0.566. The van der Waals surface area contributed by atoms with Gasteiger partial charge < -0.3 is 23.4 Å². The maximum absolute atomic E-state index is 7.06. The van der Waals surface area contributed by atoms with E-state index in [0.29, 0.717) is 0 Å². The third-order valence-electron chi connectivity index (χ3n) is 13.7. The zero-order valence-corrected chi connectivity index (χ0v) is 35.6. The van der Waals surface area contributed by atoms with Crippen LogP contribution in [0.25, 0.3) is 55.0 Å². The maximum atomic E-state index is 7.06. The van der Waals surface area contributed by atoms with Crippen LogP contribution in [-0.4, -0.2) is 0 Å². The molecule has 2 aliphatic rings. The third-order valence-corrected chi connectivity index (χ3v) is 13.7. The van der Waals surface area contributed by atoms with Crippen LogP contribution >= 0.6 is 0 Å². The molecule has 10 aromatic carbocycles. The summed E-state index contributed by atoms with van der Waals surface area (Å²) in [5, 5.41) is 4.28. The van der Waals surface area contributed by atoms with Crippen molar-refractivity contribution in [3.63, 3.8) is 0 Å². The molecule has 0 saturated carbocycles. The smallest absolute Gasteiger partial charge is 0.159 e. The van der Waals surface area contributed by atoms with E-state index in [-0.39, 0.29) is 0 Å². The number of nitrogens with zero attached hydrogens (tertiary/aromatic N) is 2. The molecule has 2 aromatic heterocycles. The summed E-state index contributed by atoms with van der Waals surface area (Å²) in [5.41, 5.74) is 16.0. The van der Waals surface area contributed by atoms with E-state index >= 15 is 0 Å². The van der Waals surface area contributed by atoms with Gasteiger partial charge in [0.2, 0.25) is 0 Å². The largest absolute Gasteiger partial charge is 0.457 e. The first-order valence-electron chi connectivity index (χ1n) is 22.4. The normalized spacial score (nSPS) is 13.1. The Labute approximate surface area is 380 Å². The van der Waals surface area contributed by atoms with E-state index in [1.807, 2.05) is 24.3 Å². The average Bonchev–Trinajstić information content (AvgIpc) is 4.04. The van der Waals surface area contributed by atoms with Gasteiger partial charge in [0, 0.05) is 67.2 Å². The van der Waals surface area contributed by atoms with Crippen LogP contribution in [0.1, 0.15) is 22.3 Å².